The van der Waals surface area contributed by atoms with Crippen molar-refractivity contribution in [3.05, 3.63) is 43.4 Å². The van der Waals surface area contributed by atoms with Gasteiger partial charge in [-0.2, -0.15) is 5.10 Å². The van der Waals surface area contributed by atoms with Crippen LogP contribution in [0.1, 0.15) is 0 Å². The number of nitrogens with zero attached hydrogens (tertiary/aromatic N) is 6. The van der Waals surface area contributed by atoms with E-state index in [1.165, 1.54) is 4.31 Å². The van der Waals surface area contributed by atoms with Crippen molar-refractivity contribution in [1.82, 2.24) is 29.0 Å². The van der Waals surface area contributed by atoms with E-state index in [2.05, 4.69) is 44.8 Å². The highest BCUT2D eigenvalue weighted by Crippen LogP contribution is 2.19. The third kappa shape index (κ3) is 7.49. The Labute approximate surface area is 197 Å². The van der Waals surface area contributed by atoms with E-state index in [9.17, 15) is 4.79 Å². The van der Waals surface area contributed by atoms with Gasteiger partial charge in [0.15, 0.2) is 5.65 Å². The molecule has 0 aromatic carbocycles. The topological polar surface area (TPSA) is 117 Å². The third-order valence-electron chi connectivity index (χ3n) is 4.38. The zero-order valence-electron chi connectivity index (χ0n) is 18.4. The number of methoxy groups -OCH3 is 1. The highest BCUT2D eigenvalue weighted by Gasteiger charge is 2.11. The van der Waals surface area contributed by atoms with Crippen molar-refractivity contribution in [3.8, 4) is 11.3 Å². The first-order valence-corrected chi connectivity index (χ1v) is 10.7. The van der Waals surface area contributed by atoms with E-state index >= 15 is 0 Å². The number of nitrogens with one attached hydrogen (secondary N) is 1. The van der Waals surface area contributed by atoms with E-state index in [1.54, 1.807) is 42.4 Å². The van der Waals surface area contributed by atoms with Crippen molar-refractivity contribution in [1.29, 1.82) is 0 Å². The van der Waals surface area contributed by atoms with Crippen molar-refractivity contribution < 1.29 is 19.0 Å². The number of rotatable bonds is 13. The van der Waals surface area contributed by atoms with Crippen LogP contribution in [-0.4, -0.2) is 81.8 Å². The average molecular weight is 474 g/mol. The van der Waals surface area contributed by atoms with Crippen LogP contribution < -0.4 is 5.32 Å². The van der Waals surface area contributed by atoms with Gasteiger partial charge in [0.2, 0.25) is 0 Å². The summed E-state index contributed by atoms with van der Waals surface area (Å²) in [5.41, 5.74) is 2.44. The second-order valence-electron chi connectivity index (χ2n) is 6.81. The molecule has 0 aliphatic carbocycles. The molecule has 1 N–H and O–H groups in total. The Bertz CT molecular complexity index is 1060. The predicted molar refractivity (Wildman–Crippen MR) is 127 cm³/mol. The van der Waals surface area contributed by atoms with Gasteiger partial charge in [-0.05, 0) is 12.1 Å². The van der Waals surface area contributed by atoms with Gasteiger partial charge in [0.05, 0.1) is 64.2 Å². The van der Waals surface area contributed by atoms with Gasteiger partial charge >= 0.3 is 6.03 Å². The molecule has 33 heavy (non-hydrogen) atoms. The number of aromatic nitrogens is 5. The molecule has 3 heterocycles. The van der Waals surface area contributed by atoms with Gasteiger partial charge in [-0.1, -0.05) is 18.9 Å². The molecule has 0 bridgehead atoms. The summed E-state index contributed by atoms with van der Waals surface area (Å²) in [7, 11) is 1.64. The van der Waals surface area contributed by atoms with Crippen LogP contribution in [0.2, 0.25) is 0 Å². The van der Waals surface area contributed by atoms with Gasteiger partial charge in [0.25, 0.3) is 0 Å². The molecular weight excluding hydrogens is 446 g/mol. The Morgan fingerprint density at radius 2 is 1.97 bits per heavy atom. The lowest BCUT2D eigenvalue weighted by molar-refractivity contribution is 0.0225. The molecule has 3 rings (SSSR count). The van der Waals surface area contributed by atoms with E-state index in [-0.39, 0.29) is 0 Å². The molecule has 3 aromatic rings. The van der Waals surface area contributed by atoms with Crippen LogP contribution in [0, 0.1) is 0 Å². The molecular formula is C21H27N7O4S. The van der Waals surface area contributed by atoms with E-state index in [0.29, 0.717) is 68.8 Å². The molecule has 0 aliphatic heterocycles. The third-order valence-corrected chi connectivity index (χ3v) is 4.72. The zero-order valence-corrected chi connectivity index (χ0v) is 19.3. The fourth-order valence-corrected chi connectivity index (χ4v) is 2.89. The van der Waals surface area contributed by atoms with Gasteiger partial charge in [0, 0.05) is 18.9 Å². The highest BCUT2D eigenvalue weighted by molar-refractivity contribution is 7.78. The molecule has 0 saturated carbocycles. The lowest BCUT2D eigenvalue weighted by Gasteiger charge is -2.13. The van der Waals surface area contributed by atoms with E-state index in [1.807, 2.05) is 6.20 Å². The van der Waals surface area contributed by atoms with Crippen LogP contribution >= 0.6 is 12.8 Å². The van der Waals surface area contributed by atoms with Crippen LogP contribution in [0.3, 0.4) is 0 Å². The Hall–Kier alpha value is -3.06. The first-order chi connectivity index (χ1) is 16.1. The Morgan fingerprint density at radius 3 is 2.76 bits per heavy atom. The van der Waals surface area contributed by atoms with Gasteiger partial charge in [-0.25, -0.2) is 14.8 Å². The maximum absolute atomic E-state index is 12.1. The van der Waals surface area contributed by atoms with Gasteiger partial charge < -0.3 is 14.2 Å². The minimum Gasteiger partial charge on any atom is -0.382 e. The summed E-state index contributed by atoms with van der Waals surface area (Å²) < 4.78 is 18.8. The molecule has 12 heteroatoms. The number of amides is 2. The number of thiol groups is 1. The summed E-state index contributed by atoms with van der Waals surface area (Å²) >= 11 is 4.09. The maximum atomic E-state index is 12.1. The summed E-state index contributed by atoms with van der Waals surface area (Å²) in [5, 5.41) is 7.01. The smallest absolute Gasteiger partial charge is 0.333 e. The number of hydrogen-bond acceptors (Lipinski definition) is 9. The fraction of sp³-hybridized carbons (Fsp3) is 0.381. The second-order valence-corrected chi connectivity index (χ2v) is 7.29. The number of carbonyl (C=O) groups excluding carboxylic acids is 1. The van der Waals surface area contributed by atoms with Crippen molar-refractivity contribution >= 4 is 35.8 Å². The second kappa shape index (κ2) is 12.8. The summed E-state index contributed by atoms with van der Waals surface area (Å²) in [6.45, 7) is 7.15. The van der Waals surface area contributed by atoms with Gasteiger partial charge in [-0.15, -0.1) is 6.58 Å². The minimum absolute atomic E-state index is 0.295. The zero-order chi connectivity index (χ0) is 23.5. The summed E-state index contributed by atoms with van der Waals surface area (Å²) in [6.07, 6.45) is 6.82. The van der Waals surface area contributed by atoms with E-state index < -0.39 is 6.03 Å². The molecule has 0 spiro atoms. The molecule has 11 nitrogen and oxygen atoms in total. The summed E-state index contributed by atoms with van der Waals surface area (Å²) in [5.74, 6) is 0.348. The molecule has 0 fully saturated rings. The molecule has 0 unspecified atom stereocenters. The Balaban J connectivity index is 1.57. The normalized spacial score (nSPS) is 11.0. The molecule has 0 aliphatic rings. The largest absolute Gasteiger partial charge is 0.382 e. The van der Waals surface area contributed by atoms with Crippen LogP contribution in [0.25, 0.3) is 22.4 Å². The average Bonchev–Trinajstić information content (AvgIpc) is 3.29. The van der Waals surface area contributed by atoms with Crippen LogP contribution in [0.5, 0.6) is 0 Å². The molecule has 176 valence electrons. The van der Waals surface area contributed by atoms with Crippen LogP contribution in [0.4, 0.5) is 10.6 Å². The first kappa shape index (κ1) is 24.6. The van der Waals surface area contributed by atoms with Crippen molar-refractivity contribution in [2.45, 2.75) is 6.54 Å². The monoisotopic (exact) mass is 473 g/mol. The predicted octanol–water partition coefficient (Wildman–Crippen LogP) is 2.43. The fourth-order valence-electron chi connectivity index (χ4n) is 2.73. The van der Waals surface area contributed by atoms with E-state index in [0.717, 1.165) is 5.56 Å². The molecule has 0 atom stereocenters. The summed E-state index contributed by atoms with van der Waals surface area (Å²) in [4.78, 5) is 25.5. The van der Waals surface area contributed by atoms with Crippen molar-refractivity contribution in [3.63, 3.8) is 0 Å². The number of ether oxygens (including phenoxy) is 3. The standard InChI is InChI=1S/C21H27N7O4S/c1-3-6-28(33)21(29)26-19-5-4-17-20(25-19)24-18(14-22-17)16-13-23-27(15-16)7-8-31-11-12-32-10-9-30-2/h3-5,13-15,33H,1,6-12H2,2H3,(H,24,25,26,29). The number of anilines is 1. The molecule has 2 amide bonds. The van der Waals surface area contributed by atoms with Crippen molar-refractivity contribution in [2.75, 3.05) is 52.0 Å². The highest BCUT2D eigenvalue weighted by atomic mass is 32.1. The number of urea groups is 1. The molecule has 0 saturated heterocycles. The van der Waals surface area contributed by atoms with Crippen LogP contribution in [0.15, 0.2) is 43.4 Å². The molecule has 3 aromatic heterocycles. The lowest BCUT2D eigenvalue weighted by Crippen LogP contribution is -2.27. The number of hydrogen-bond donors (Lipinski definition) is 2. The Morgan fingerprint density at radius 1 is 1.18 bits per heavy atom. The number of carbonyl (C=O) groups is 1. The Kier molecular flexibility index (Phi) is 9.57. The van der Waals surface area contributed by atoms with Crippen LogP contribution in [-0.2, 0) is 20.8 Å². The van der Waals surface area contributed by atoms with Crippen molar-refractivity contribution in [2.24, 2.45) is 0 Å². The number of fused-ring (bicyclic) bond motifs is 1. The lowest BCUT2D eigenvalue weighted by atomic mass is 10.2. The maximum Gasteiger partial charge on any atom is 0.333 e. The van der Waals surface area contributed by atoms with Gasteiger partial charge in [-0.3, -0.25) is 19.3 Å². The first-order valence-electron chi connectivity index (χ1n) is 10.3. The SMILES string of the molecule is C=CCN(S)C(=O)Nc1ccc2ncc(-c3cnn(CCOCCOCCOC)c3)nc2n1. The summed E-state index contributed by atoms with van der Waals surface area (Å²) in [6, 6.07) is 2.98. The minimum atomic E-state index is -0.417. The van der Waals surface area contributed by atoms with E-state index in [4.69, 9.17) is 14.2 Å². The quantitative estimate of drug-likeness (QED) is 0.221. The number of pyridine rings is 1. The molecule has 0 radical (unpaired) electrons. The van der Waals surface area contributed by atoms with Gasteiger partial charge in [0.1, 0.15) is 11.3 Å².